The molecule has 0 atom stereocenters. The number of carboxylic acids is 1. The number of fused-ring (bicyclic) bond motifs is 1. The SMILES string of the molecule is O=C(O)c1ccc2ccccc2n1.[H-].[H-].[Mg+2]. The van der Waals surface area contributed by atoms with Crippen molar-refractivity contribution in [2.45, 2.75) is 0 Å². The van der Waals surface area contributed by atoms with Crippen LogP contribution in [0.2, 0.25) is 0 Å². The van der Waals surface area contributed by atoms with Crippen molar-refractivity contribution in [1.82, 2.24) is 4.98 Å². The zero-order valence-electron chi connectivity index (χ0n) is 9.47. The molecule has 0 aliphatic carbocycles. The first-order chi connectivity index (χ1) is 6.27. The number of nitrogens with zero attached hydrogens (tertiary/aromatic N) is 1. The van der Waals surface area contributed by atoms with Gasteiger partial charge < -0.3 is 7.96 Å². The van der Waals surface area contributed by atoms with Gasteiger partial charge in [-0.25, -0.2) is 9.78 Å². The summed E-state index contributed by atoms with van der Waals surface area (Å²) in [6.07, 6.45) is 0. The Labute approximate surface area is 99.9 Å². The molecular formula is C10H9MgNO2. The smallest absolute Gasteiger partial charge is 1.00 e. The van der Waals surface area contributed by atoms with Crippen molar-refractivity contribution in [3.05, 3.63) is 42.1 Å². The predicted molar refractivity (Wildman–Crippen MR) is 56.7 cm³/mol. The molecule has 0 saturated heterocycles. The minimum absolute atomic E-state index is 0. The van der Waals surface area contributed by atoms with Crippen molar-refractivity contribution < 1.29 is 12.8 Å². The molecule has 4 heteroatoms. The van der Waals surface area contributed by atoms with E-state index in [4.69, 9.17) is 5.11 Å². The number of carboxylic acid groups (broad SMARTS) is 1. The van der Waals surface area contributed by atoms with Gasteiger partial charge in [0.15, 0.2) is 0 Å². The average Bonchev–Trinajstić information content (AvgIpc) is 2.17. The van der Waals surface area contributed by atoms with E-state index >= 15 is 0 Å². The van der Waals surface area contributed by atoms with Crippen molar-refractivity contribution in [3.8, 4) is 0 Å². The Bertz CT molecular complexity index is 479. The molecule has 0 fully saturated rings. The summed E-state index contributed by atoms with van der Waals surface area (Å²) in [5.74, 6) is -0.995. The molecule has 0 aliphatic rings. The summed E-state index contributed by atoms with van der Waals surface area (Å²) in [7, 11) is 0. The van der Waals surface area contributed by atoms with Gasteiger partial charge >= 0.3 is 29.0 Å². The quantitative estimate of drug-likeness (QED) is 0.712. The fourth-order valence-corrected chi connectivity index (χ4v) is 1.19. The molecule has 0 bridgehead atoms. The Kier molecular flexibility index (Phi) is 3.43. The van der Waals surface area contributed by atoms with Crippen LogP contribution in [0.1, 0.15) is 13.3 Å². The van der Waals surface area contributed by atoms with Crippen molar-refractivity contribution in [2.75, 3.05) is 0 Å². The third-order valence-corrected chi connectivity index (χ3v) is 1.82. The van der Waals surface area contributed by atoms with Crippen LogP contribution in [0.25, 0.3) is 10.9 Å². The van der Waals surface area contributed by atoms with Crippen molar-refractivity contribution in [3.63, 3.8) is 0 Å². The van der Waals surface area contributed by atoms with Crippen LogP contribution in [-0.2, 0) is 0 Å². The van der Waals surface area contributed by atoms with Gasteiger partial charge in [0.25, 0.3) is 0 Å². The Hall–Kier alpha value is -1.13. The fourth-order valence-electron chi connectivity index (χ4n) is 1.19. The van der Waals surface area contributed by atoms with Gasteiger partial charge in [-0.3, -0.25) is 0 Å². The van der Waals surface area contributed by atoms with Gasteiger partial charge in [0, 0.05) is 5.39 Å². The maximum Gasteiger partial charge on any atom is 2.00 e. The van der Waals surface area contributed by atoms with Crippen LogP contribution in [0.3, 0.4) is 0 Å². The number of hydrogen-bond acceptors (Lipinski definition) is 2. The minimum Gasteiger partial charge on any atom is -1.00 e. The zero-order chi connectivity index (χ0) is 9.26. The normalized spacial score (nSPS) is 9.43. The number of benzene rings is 1. The number of pyridine rings is 1. The van der Waals surface area contributed by atoms with E-state index in [0.29, 0.717) is 5.52 Å². The summed E-state index contributed by atoms with van der Waals surface area (Å²) in [4.78, 5) is 14.6. The van der Waals surface area contributed by atoms with Crippen LogP contribution >= 0.6 is 0 Å². The van der Waals surface area contributed by atoms with Crippen LogP contribution < -0.4 is 0 Å². The van der Waals surface area contributed by atoms with Gasteiger partial charge in [0.1, 0.15) is 5.69 Å². The van der Waals surface area contributed by atoms with Gasteiger partial charge in [-0.1, -0.05) is 24.3 Å². The number of rotatable bonds is 1. The second-order valence-corrected chi connectivity index (χ2v) is 2.69. The van der Waals surface area contributed by atoms with E-state index in [1.54, 1.807) is 12.1 Å². The third kappa shape index (κ3) is 2.02. The number of hydrogen-bond donors (Lipinski definition) is 1. The maximum absolute atomic E-state index is 10.6. The van der Waals surface area contributed by atoms with Crippen molar-refractivity contribution in [2.24, 2.45) is 0 Å². The zero-order valence-corrected chi connectivity index (χ0v) is 8.89. The molecule has 1 N–H and O–H groups in total. The van der Waals surface area contributed by atoms with E-state index in [9.17, 15) is 4.79 Å². The van der Waals surface area contributed by atoms with Gasteiger partial charge in [-0.15, -0.1) is 0 Å². The molecule has 0 radical (unpaired) electrons. The molecule has 0 unspecified atom stereocenters. The number of para-hydroxylation sites is 1. The summed E-state index contributed by atoms with van der Waals surface area (Å²) in [6.45, 7) is 0. The molecule has 1 aromatic carbocycles. The molecule has 2 aromatic rings. The van der Waals surface area contributed by atoms with Gasteiger partial charge in [0.05, 0.1) is 5.52 Å². The van der Waals surface area contributed by atoms with Crippen molar-refractivity contribution in [1.29, 1.82) is 0 Å². The molecule has 0 amide bonds. The fraction of sp³-hybridized carbons (Fsp3) is 0. The van der Waals surface area contributed by atoms with E-state index in [1.165, 1.54) is 6.07 Å². The Morgan fingerprint density at radius 1 is 1.21 bits per heavy atom. The van der Waals surface area contributed by atoms with Crippen LogP contribution in [0.4, 0.5) is 0 Å². The van der Waals surface area contributed by atoms with Crippen molar-refractivity contribution >= 4 is 39.9 Å². The maximum atomic E-state index is 10.6. The van der Waals surface area contributed by atoms with Gasteiger partial charge in [-0.2, -0.15) is 0 Å². The van der Waals surface area contributed by atoms with Gasteiger partial charge in [-0.05, 0) is 12.1 Å². The van der Waals surface area contributed by atoms with E-state index in [0.717, 1.165) is 5.39 Å². The molecule has 0 saturated carbocycles. The molecule has 2 rings (SSSR count). The van der Waals surface area contributed by atoms with Crippen LogP contribution in [0, 0.1) is 0 Å². The predicted octanol–water partition coefficient (Wildman–Crippen LogP) is 1.78. The molecule has 3 nitrogen and oxygen atoms in total. The second-order valence-electron chi connectivity index (χ2n) is 2.69. The first kappa shape index (κ1) is 10.9. The van der Waals surface area contributed by atoms with E-state index in [2.05, 4.69) is 4.98 Å². The topological polar surface area (TPSA) is 50.2 Å². The largest absolute Gasteiger partial charge is 2.00 e. The summed E-state index contributed by atoms with van der Waals surface area (Å²) in [6, 6.07) is 10.7. The summed E-state index contributed by atoms with van der Waals surface area (Å²) >= 11 is 0. The molecule has 1 heterocycles. The summed E-state index contributed by atoms with van der Waals surface area (Å²) in [5, 5.41) is 9.63. The van der Waals surface area contributed by atoms with Crippen LogP contribution in [0.5, 0.6) is 0 Å². The van der Waals surface area contributed by atoms with Gasteiger partial charge in [0.2, 0.25) is 0 Å². The van der Waals surface area contributed by atoms with E-state index in [-0.39, 0.29) is 31.6 Å². The third-order valence-electron chi connectivity index (χ3n) is 1.82. The summed E-state index contributed by atoms with van der Waals surface area (Å²) < 4.78 is 0. The van der Waals surface area contributed by atoms with E-state index in [1.807, 2.05) is 18.2 Å². The molecule has 0 aliphatic heterocycles. The molecule has 1 aromatic heterocycles. The Morgan fingerprint density at radius 2 is 1.93 bits per heavy atom. The second kappa shape index (κ2) is 4.39. The molecule has 68 valence electrons. The van der Waals surface area contributed by atoms with Crippen LogP contribution in [0.15, 0.2) is 36.4 Å². The number of carbonyl (C=O) groups is 1. The standard InChI is InChI=1S/C10H7NO2.Mg.2H/c12-10(13)9-6-5-7-3-1-2-4-8(7)11-9;;;/h1-6H,(H,12,13);;;/q;+2;2*-1. The summed E-state index contributed by atoms with van der Waals surface area (Å²) in [5.41, 5.74) is 0.793. The molecular weight excluding hydrogens is 190 g/mol. The molecule has 14 heavy (non-hydrogen) atoms. The van der Waals surface area contributed by atoms with E-state index < -0.39 is 5.97 Å². The minimum atomic E-state index is -0.995. The van der Waals surface area contributed by atoms with Crippen LogP contribution in [-0.4, -0.2) is 39.1 Å². The first-order valence-electron chi connectivity index (χ1n) is 3.86. The monoisotopic (exact) mass is 199 g/mol. The molecule has 0 spiro atoms. The first-order valence-corrected chi connectivity index (χ1v) is 3.86. The average molecular weight is 199 g/mol. The Morgan fingerprint density at radius 3 is 2.64 bits per heavy atom. The number of aromatic carboxylic acids is 1. The number of aromatic nitrogens is 1. The Balaban J connectivity index is 0.